The summed E-state index contributed by atoms with van der Waals surface area (Å²) in [7, 11) is 0. The van der Waals surface area contributed by atoms with E-state index in [9.17, 15) is 9.59 Å². The Hall–Kier alpha value is -1.55. The summed E-state index contributed by atoms with van der Waals surface area (Å²) < 4.78 is 0. The van der Waals surface area contributed by atoms with Gasteiger partial charge in [0.25, 0.3) is 0 Å². The molecule has 0 amide bonds. The highest BCUT2D eigenvalue weighted by atomic mass is 32.1. The van der Waals surface area contributed by atoms with Crippen LogP contribution in [0, 0.1) is 0 Å². The summed E-state index contributed by atoms with van der Waals surface area (Å²) in [6, 6.07) is 6.17. The lowest BCUT2D eigenvalue weighted by Gasteiger charge is -2.04. The van der Waals surface area contributed by atoms with Crippen LogP contribution in [0.4, 0.5) is 0 Å². The number of benzene rings is 1. The Morgan fingerprint density at radius 2 is 1.71 bits per heavy atom. The summed E-state index contributed by atoms with van der Waals surface area (Å²) in [5.41, 5.74) is 0.450. The Morgan fingerprint density at radius 3 is 2.14 bits per heavy atom. The molecule has 3 nitrogen and oxygen atoms in total. The lowest BCUT2D eigenvalue weighted by atomic mass is 10.0. The number of carbonyl (C=O) groups is 2. The molecule has 72 valence electrons. The van der Waals surface area contributed by atoms with Gasteiger partial charge in [-0.1, -0.05) is 24.8 Å². The van der Waals surface area contributed by atoms with Crippen LogP contribution in [-0.4, -0.2) is 16.2 Å². The fourth-order valence-electron chi connectivity index (χ4n) is 1.05. The number of carboxylic acids is 1. The first kappa shape index (κ1) is 10.5. The number of thiol groups is 1. The molecule has 1 aromatic rings. The molecule has 0 aromatic heterocycles. The van der Waals surface area contributed by atoms with E-state index in [4.69, 9.17) is 5.11 Å². The molecule has 4 heteroatoms. The van der Waals surface area contributed by atoms with E-state index in [1.807, 2.05) is 0 Å². The highest BCUT2D eigenvalue weighted by Gasteiger charge is 2.13. The van der Waals surface area contributed by atoms with E-state index in [0.717, 1.165) is 0 Å². The maximum atomic E-state index is 10.9. The van der Waals surface area contributed by atoms with Gasteiger partial charge in [0, 0.05) is 11.1 Å². The molecule has 0 heterocycles. The molecule has 0 saturated heterocycles. The van der Waals surface area contributed by atoms with Gasteiger partial charge >= 0.3 is 5.97 Å². The van der Waals surface area contributed by atoms with Gasteiger partial charge in [0.2, 0.25) is 5.12 Å². The number of hydrogen-bond donors (Lipinski definition) is 2. The maximum absolute atomic E-state index is 10.9. The SMILES string of the molecule is C=C(C(=O)S)c1ccccc1C(=O)O. The van der Waals surface area contributed by atoms with Crippen molar-refractivity contribution in [2.75, 3.05) is 0 Å². The first-order valence-electron chi connectivity index (χ1n) is 3.79. The van der Waals surface area contributed by atoms with Crippen molar-refractivity contribution in [2.24, 2.45) is 0 Å². The first-order valence-corrected chi connectivity index (χ1v) is 4.23. The number of carboxylic acid groups (broad SMARTS) is 1. The zero-order valence-corrected chi connectivity index (χ0v) is 8.12. The molecule has 0 unspecified atom stereocenters. The number of carbonyl (C=O) groups excluding carboxylic acids is 1. The van der Waals surface area contributed by atoms with E-state index in [0.29, 0.717) is 5.56 Å². The Bertz CT molecular complexity index is 410. The quantitative estimate of drug-likeness (QED) is 0.588. The zero-order valence-electron chi connectivity index (χ0n) is 7.23. The molecule has 0 atom stereocenters. The topological polar surface area (TPSA) is 54.4 Å². The van der Waals surface area contributed by atoms with Crippen LogP contribution in [-0.2, 0) is 4.79 Å². The molecule has 0 spiro atoms. The maximum Gasteiger partial charge on any atom is 0.336 e. The van der Waals surface area contributed by atoms with E-state index < -0.39 is 11.1 Å². The second-order valence-electron chi connectivity index (χ2n) is 2.63. The lowest BCUT2D eigenvalue weighted by molar-refractivity contribution is -0.106. The van der Waals surface area contributed by atoms with Crippen molar-refractivity contribution in [3.63, 3.8) is 0 Å². The van der Waals surface area contributed by atoms with E-state index in [-0.39, 0.29) is 11.1 Å². The molecule has 1 rings (SSSR count). The molecular weight excluding hydrogens is 200 g/mol. The molecule has 0 radical (unpaired) electrons. The number of rotatable bonds is 3. The predicted molar refractivity (Wildman–Crippen MR) is 56.4 cm³/mol. The molecule has 1 aromatic carbocycles. The molecule has 14 heavy (non-hydrogen) atoms. The van der Waals surface area contributed by atoms with Crippen molar-refractivity contribution in [1.82, 2.24) is 0 Å². The molecular formula is C10H8O3S. The lowest BCUT2D eigenvalue weighted by Crippen LogP contribution is -2.03. The van der Waals surface area contributed by atoms with Gasteiger partial charge in [-0.3, -0.25) is 4.79 Å². The second-order valence-corrected chi connectivity index (χ2v) is 3.04. The summed E-state index contributed by atoms with van der Waals surface area (Å²) in [5, 5.41) is 8.29. The van der Waals surface area contributed by atoms with Crippen LogP contribution in [0.5, 0.6) is 0 Å². The van der Waals surface area contributed by atoms with Crippen LogP contribution in [0.25, 0.3) is 5.57 Å². The largest absolute Gasteiger partial charge is 0.478 e. The molecule has 0 saturated carbocycles. The van der Waals surface area contributed by atoms with Crippen molar-refractivity contribution in [2.45, 2.75) is 0 Å². The van der Waals surface area contributed by atoms with E-state index in [2.05, 4.69) is 19.2 Å². The van der Waals surface area contributed by atoms with Crippen molar-refractivity contribution in [3.8, 4) is 0 Å². The van der Waals surface area contributed by atoms with Gasteiger partial charge in [-0.25, -0.2) is 4.79 Å². The fourth-order valence-corrected chi connectivity index (χ4v) is 1.17. The van der Waals surface area contributed by atoms with Crippen LogP contribution in [0.1, 0.15) is 15.9 Å². The van der Waals surface area contributed by atoms with E-state index >= 15 is 0 Å². The number of aromatic carboxylic acids is 1. The zero-order chi connectivity index (χ0) is 10.7. The summed E-state index contributed by atoms with van der Waals surface area (Å²) in [5.74, 6) is -1.09. The molecule has 0 fully saturated rings. The molecule has 0 aliphatic carbocycles. The summed E-state index contributed by atoms with van der Waals surface area (Å²) in [6.07, 6.45) is 0. The van der Waals surface area contributed by atoms with E-state index in [1.165, 1.54) is 12.1 Å². The minimum Gasteiger partial charge on any atom is -0.478 e. The van der Waals surface area contributed by atoms with Crippen LogP contribution < -0.4 is 0 Å². The van der Waals surface area contributed by atoms with Crippen LogP contribution >= 0.6 is 12.6 Å². The molecule has 0 bridgehead atoms. The van der Waals surface area contributed by atoms with Gasteiger partial charge in [0.1, 0.15) is 0 Å². The third-order valence-corrected chi connectivity index (χ3v) is 2.01. The molecule has 1 N–H and O–H groups in total. The Balaban J connectivity index is 3.27. The number of hydrogen-bond acceptors (Lipinski definition) is 2. The Kier molecular flexibility index (Phi) is 3.09. The summed E-state index contributed by atoms with van der Waals surface area (Å²) in [6.45, 7) is 3.48. The molecule has 0 aliphatic heterocycles. The van der Waals surface area contributed by atoms with Crippen molar-refractivity contribution in [3.05, 3.63) is 42.0 Å². The van der Waals surface area contributed by atoms with Crippen LogP contribution in [0.3, 0.4) is 0 Å². The van der Waals surface area contributed by atoms with Gasteiger partial charge < -0.3 is 5.11 Å². The first-order chi connectivity index (χ1) is 6.54. The third-order valence-electron chi connectivity index (χ3n) is 1.74. The predicted octanol–water partition coefficient (Wildman–Crippen LogP) is 1.85. The highest BCUT2D eigenvalue weighted by molar-refractivity contribution is 7.98. The van der Waals surface area contributed by atoms with E-state index in [1.54, 1.807) is 12.1 Å². The average molecular weight is 208 g/mol. The van der Waals surface area contributed by atoms with Gasteiger partial charge in [-0.2, -0.15) is 0 Å². The normalized spacial score (nSPS) is 9.50. The van der Waals surface area contributed by atoms with Gasteiger partial charge in [-0.15, -0.1) is 12.6 Å². The van der Waals surface area contributed by atoms with Crippen molar-refractivity contribution >= 4 is 29.3 Å². The summed E-state index contributed by atoms with van der Waals surface area (Å²) in [4.78, 5) is 21.7. The van der Waals surface area contributed by atoms with Crippen LogP contribution in [0.15, 0.2) is 30.8 Å². The standard InChI is InChI=1S/C10H8O3S/c1-6(10(13)14)7-4-2-3-5-8(7)9(11)12/h2-5H,1H2,(H,11,12)(H,13,14). The average Bonchev–Trinajstić information content (AvgIpc) is 2.16. The Labute approximate surface area is 86.5 Å². The van der Waals surface area contributed by atoms with Gasteiger partial charge in [0.15, 0.2) is 0 Å². The Morgan fingerprint density at radius 1 is 1.21 bits per heavy atom. The highest BCUT2D eigenvalue weighted by Crippen LogP contribution is 2.19. The second kappa shape index (κ2) is 4.11. The van der Waals surface area contributed by atoms with Gasteiger partial charge in [0.05, 0.1) is 5.56 Å². The van der Waals surface area contributed by atoms with Crippen molar-refractivity contribution < 1.29 is 14.7 Å². The monoisotopic (exact) mass is 208 g/mol. The van der Waals surface area contributed by atoms with Gasteiger partial charge in [-0.05, 0) is 6.07 Å². The third kappa shape index (κ3) is 2.03. The summed E-state index contributed by atoms with van der Waals surface area (Å²) >= 11 is 3.59. The smallest absolute Gasteiger partial charge is 0.336 e. The molecule has 0 aliphatic rings. The van der Waals surface area contributed by atoms with Crippen molar-refractivity contribution in [1.29, 1.82) is 0 Å². The fraction of sp³-hybridized carbons (Fsp3) is 0. The minimum atomic E-state index is -1.09. The van der Waals surface area contributed by atoms with Crippen LogP contribution in [0.2, 0.25) is 0 Å². The minimum absolute atomic E-state index is 0.0555.